The maximum absolute atomic E-state index is 12.7. The molecule has 0 spiro atoms. The van der Waals surface area contributed by atoms with Crippen LogP contribution in [0, 0.1) is 6.92 Å². The van der Waals surface area contributed by atoms with Gasteiger partial charge in [0.2, 0.25) is 0 Å². The minimum atomic E-state index is -3.82. The Morgan fingerprint density at radius 3 is 2.93 bits per heavy atom. The van der Waals surface area contributed by atoms with Crippen LogP contribution in [-0.2, 0) is 4.79 Å². The first-order chi connectivity index (χ1) is 6.49. The Bertz CT molecular complexity index is 406. The molecule has 4 nitrogen and oxygen atoms in total. The molecule has 2 heterocycles. The summed E-state index contributed by atoms with van der Waals surface area (Å²) in [6.45, 7) is 1.68. The number of aromatic nitrogens is 1. The number of rotatable bonds is 0. The number of anilines is 1. The van der Waals surface area contributed by atoms with E-state index in [-0.39, 0.29) is 11.6 Å². The molecule has 0 radical (unpaired) electrons. The SMILES string of the molecule is Cc1ccc2c(n1)NC(=O)C(F)(F)O2. The molecule has 0 atom stereocenters. The molecular formula is C8H6F2N2O2. The highest BCUT2D eigenvalue weighted by Crippen LogP contribution is 2.33. The van der Waals surface area contributed by atoms with Gasteiger partial charge in [-0.05, 0) is 19.1 Å². The Labute approximate surface area is 77.9 Å². The molecule has 1 aromatic heterocycles. The van der Waals surface area contributed by atoms with Crippen LogP contribution >= 0.6 is 0 Å². The second-order valence-corrected chi connectivity index (χ2v) is 2.87. The van der Waals surface area contributed by atoms with Gasteiger partial charge >= 0.3 is 12.0 Å². The van der Waals surface area contributed by atoms with Gasteiger partial charge in [-0.3, -0.25) is 10.1 Å². The zero-order chi connectivity index (χ0) is 10.3. The Hall–Kier alpha value is -1.72. The van der Waals surface area contributed by atoms with Crippen LogP contribution in [0.25, 0.3) is 0 Å². The summed E-state index contributed by atoms with van der Waals surface area (Å²) in [5, 5.41) is 1.97. The summed E-state index contributed by atoms with van der Waals surface area (Å²) in [6.07, 6.45) is -3.82. The molecule has 0 fully saturated rings. The van der Waals surface area contributed by atoms with Crippen LogP contribution in [0.4, 0.5) is 14.6 Å². The van der Waals surface area contributed by atoms with Crippen molar-refractivity contribution in [3.05, 3.63) is 17.8 Å². The number of carbonyl (C=O) groups is 1. The number of ether oxygens (including phenoxy) is 1. The molecule has 1 aliphatic heterocycles. The van der Waals surface area contributed by atoms with Crippen LogP contribution in [0.5, 0.6) is 5.75 Å². The number of fused-ring (bicyclic) bond motifs is 1. The lowest BCUT2D eigenvalue weighted by Gasteiger charge is -2.23. The van der Waals surface area contributed by atoms with Crippen molar-refractivity contribution in [1.82, 2.24) is 4.98 Å². The number of aryl methyl sites for hydroxylation is 1. The van der Waals surface area contributed by atoms with Crippen molar-refractivity contribution in [1.29, 1.82) is 0 Å². The van der Waals surface area contributed by atoms with E-state index >= 15 is 0 Å². The number of halogens is 2. The number of hydrogen-bond donors (Lipinski definition) is 1. The first-order valence-corrected chi connectivity index (χ1v) is 3.85. The summed E-state index contributed by atoms with van der Waals surface area (Å²) >= 11 is 0. The van der Waals surface area contributed by atoms with Crippen molar-refractivity contribution >= 4 is 11.7 Å². The first-order valence-electron chi connectivity index (χ1n) is 3.85. The van der Waals surface area contributed by atoms with E-state index in [1.165, 1.54) is 12.1 Å². The van der Waals surface area contributed by atoms with Crippen molar-refractivity contribution < 1.29 is 18.3 Å². The molecule has 1 aliphatic rings. The Kier molecular flexibility index (Phi) is 1.67. The lowest BCUT2D eigenvalue weighted by molar-refractivity contribution is -0.189. The van der Waals surface area contributed by atoms with Crippen molar-refractivity contribution in [2.75, 3.05) is 5.32 Å². The van der Waals surface area contributed by atoms with Crippen molar-refractivity contribution in [2.24, 2.45) is 0 Å². The Balaban J connectivity index is 2.46. The summed E-state index contributed by atoms with van der Waals surface area (Å²) in [5.41, 5.74) is 0.609. The number of nitrogens with zero attached hydrogens (tertiary/aromatic N) is 1. The normalized spacial score (nSPS) is 18.1. The molecule has 1 amide bonds. The van der Waals surface area contributed by atoms with Crippen molar-refractivity contribution in [3.8, 4) is 5.75 Å². The molecule has 1 aromatic rings. The van der Waals surface area contributed by atoms with Crippen LogP contribution < -0.4 is 10.1 Å². The van der Waals surface area contributed by atoms with Gasteiger partial charge in [0, 0.05) is 5.69 Å². The highest BCUT2D eigenvalue weighted by molar-refractivity contribution is 5.97. The molecule has 74 valence electrons. The average molecular weight is 200 g/mol. The fraction of sp³-hybridized carbons (Fsp3) is 0.250. The molecule has 0 bridgehead atoms. The minimum Gasteiger partial charge on any atom is -0.421 e. The predicted octanol–water partition coefficient (Wildman–Crippen LogP) is 1.31. The number of nitrogens with one attached hydrogen (secondary N) is 1. The van der Waals surface area contributed by atoms with Gasteiger partial charge in [0.1, 0.15) is 0 Å². The molecule has 14 heavy (non-hydrogen) atoms. The van der Waals surface area contributed by atoms with Crippen molar-refractivity contribution in [3.63, 3.8) is 0 Å². The second-order valence-electron chi connectivity index (χ2n) is 2.87. The average Bonchev–Trinajstić information content (AvgIpc) is 2.08. The first kappa shape index (κ1) is 8.86. The zero-order valence-electron chi connectivity index (χ0n) is 7.17. The number of amides is 1. The molecule has 6 heteroatoms. The zero-order valence-corrected chi connectivity index (χ0v) is 7.17. The van der Waals surface area contributed by atoms with E-state index in [0.717, 1.165) is 0 Å². The molecule has 0 unspecified atom stereocenters. The predicted molar refractivity (Wildman–Crippen MR) is 43.2 cm³/mol. The third kappa shape index (κ3) is 1.28. The lowest BCUT2D eigenvalue weighted by Crippen LogP contribution is -2.43. The lowest BCUT2D eigenvalue weighted by atomic mass is 10.3. The van der Waals surface area contributed by atoms with Gasteiger partial charge < -0.3 is 4.74 Å². The fourth-order valence-corrected chi connectivity index (χ4v) is 1.08. The summed E-state index contributed by atoms with van der Waals surface area (Å²) in [4.78, 5) is 14.6. The van der Waals surface area contributed by atoms with E-state index in [0.29, 0.717) is 5.69 Å². The number of alkyl halides is 2. The van der Waals surface area contributed by atoms with E-state index in [9.17, 15) is 13.6 Å². The molecule has 0 saturated heterocycles. The topological polar surface area (TPSA) is 51.2 Å². The van der Waals surface area contributed by atoms with Crippen LogP contribution in [0.2, 0.25) is 0 Å². The van der Waals surface area contributed by atoms with E-state index < -0.39 is 12.0 Å². The van der Waals surface area contributed by atoms with Gasteiger partial charge in [-0.2, -0.15) is 8.78 Å². The maximum atomic E-state index is 12.7. The van der Waals surface area contributed by atoms with E-state index in [1.54, 1.807) is 6.92 Å². The van der Waals surface area contributed by atoms with Gasteiger partial charge in [-0.25, -0.2) is 4.98 Å². The fourth-order valence-electron chi connectivity index (χ4n) is 1.08. The summed E-state index contributed by atoms with van der Waals surface area (Å²) in [5.74, 6) is -1.59. The van der Waals surface area contributed by atoms with Crippen LogP contribution in [-0.4, -0.2) is 17.0 Å². The summed E-state index contributed by atoms with van der Waals surface area (Å²) < 4.78 is 29.6. The van der Waals surface area contributed by atoms with Gasteiger partial charge in [0.15, 0.2) is 11.6 Å². The number of pyridine rings is 1. The van der Waals surface area contributed by atoms with Gasteiger partial charge in [0.05, 0.1) is 0 Å². The molecule has 0 saturated carbocycles. The smallest absolute Gasteiger partial charge is 0.421 e. The van der Waals surface area contributed by atoms with E-state index in [1.807, 2.05) is 5.32 Å². The van der Waals surface area contributed by atoms with Crippen LogP contribution in [0.15, 0.2) is 12.1 Å². The Morgan fingerprint density at radius 2 is 2.21 bits per heavy atom. The van der Waals surface area contributed by atoms with Crippen molar-refractivity contribution in [2.45, 2.75) is 13.0 Å². The van der Waals surface area contributed by atoms with E-state index in [2.05, 4.69) is 9.72 Å². The molecule has 2 rings (SSSR count). The highest BCUT2D eigenvalue weighted by Gasteiger charge is 2.46. The molecule has 1 N–H and O–H groups in total. The maximum Gasteiger partial charge on any atom is 0.482 e. The number of carbonyl (C=O) groups excluding carboxylic acids is 1. The van der Waals surface area contributed by atoms with Crippen LogP contribution in [0.1, 0.15) is 5.69 Å². The monoisotopic (exact) mass is 200 g/mol. The second kappa shape index (κ2) is 2.63. The minimum absolute atomic E-state index is 0.0286. The highest BCUT2D eigenvalue weighted by atomic mass is 19.3. The van der Waals surface area contributed by atoms with Gasteiger partial charge in [-0.1, -0.05) is 0 Å². The molecular weight excluding hydrogens is 194 g/mol. The summed E-state index contributed by atoms with van der Waals surface area (Å²) in [7, 11) is 0. The molecule has 0 aromatic carbocycles. The third-order valence-corrected chi connectivity index (χ3v) is 1.73. The Morgan fingerprint density at radius 1 is 1.50 bits per heavy atom. The largest absolute Gasteiger partial charge is 0.482 e. The van der Waals surface area contributed by atoms with Gasteiger partial charge in [-0.15, -0.1) is 0 Å². The summed E-state index contributed by atoms with van der Waals surface area (Å²) in [6, 6.07) is 2.86. The quantitative estimate of drug-likeness (QED) is 0.687. The molecule has 0 aliphatic carbocycles. The van der Waals surface area contributed by atoms with E-state index in [4.69, 9.17) is 0 Å². The number of hydrogen-bond acceptors (Lipinski definition) is 3. The third-order valence-electron chi connectivity index (χ3n) is 1.73. The van der Waals surface area contributed by atoms with Gasteiger partial charge in [0.25, 0.3) is 0 Å². The van der Waals surface area contributed by atoms with Crippen LogP contribution in [0.3, 0.4) is 0 Å². The standard InChI is InChI=1S/C8H6F2N2O2/c1-4-2-3-5-6(11-4)12-7(13)8(9,10)14-5/h2-3H,1H3,(H,11,12,13).